The number of carbonyl (C=O) groups is 1. The van der Waals surface area contributed by atoms with Crippen LogP contribution in [-0.4, -0.2) is 60.6 Å². The Bertz CT molecular complexity index is 734. The number of allylic oxidation sites excluding steroid dienone is 3. The number of esters is 1. The molecular weight excluding hydrogens is 364 g/mol. The van der Waals surface area contributed by atoms with E-state index >= 15 is 0 Å². The third kappa shape index (κ3) is 7.02. The number of aryl methyl sites for hydroxylation is 1. The largest absolute Gasteiger partial charge is 0.507 e. The minimum absolute atomic E-state index is 0.107. The molecule has 1 aliphatic carbocycles. The van der Waals surface area contributed by atoms with Crippen LogP contribution in [0.25, 0.3) is 0 Å². The van der Waals surface area contributed by atoms with Gasteiger partial charge < -0.3 is 14.7 Å². The van der Waals surface area contributed by atoms with Gasteiger partial charge in [-0.25, -0.2) is 0 Å². The molecule has 0 bridgehead atoms. The average molecular weight is 401 g/mol. The van der Waals surface area contributed by atoms with Gasteiger partial charge in [0.15, 0.2) is 0 Å². The number of ether oxygens (including phenoxy) is 1. The summed E-state index contributed by atoms with van der Waals surface area (Å²) in [4.78, 5) is 16.9. The van der Waals surface area contributed by atoms with Crippen molar-refractivity contribution in [1.29, 1.82) is 0 Å². The maximum absolute atomic E-state index is 12.5. The van der Waals surface area contributed by atoms with Crippen LogP contribution < -0.4 is 4.74 Å². The Kier molecular flexibility index (Phi) is 8.93. The number of benzene rings is 1. The van der Waals surface area contributed by atoms with Crippen molar-refractivity contribution in [2.75, 3.05) is 39.8 Å². The second kappa shape index (κ2) is 11.2. The highest BCUT2D eigenvalue weighted by Gasteiger charge is 2.24. The Labute approximate surface area is 175 Å². The van der Waals surface area contributed by atoms with Crippen LogP contribution in [-0.2, 0) is 4.79 Å². The lowest BCUT2D eigenvalue weighted by molar-refractivity contribution is -0.136. The highest BCUT2D eigenvalue weighted by atomic mass is 16.5. The zero-order chi connectivity index (χ0) is 21.4. The van der Waals surface area contributed by atoms with Gasteiger partial charge in [0.1, 0.15) is 11.5 Å². The second-order valence-electron chi connectivity index (χ2n) is 8.17. The molecule has 1 atom stereocenters. The Balaban J connectivity index is 0.000000941. The third-order valence-electron chi connectivity index (χ3n) is 5.38. The van der Waals surface area contributed by atoms with Crippen LogP contribution in [0.1, 0.15) is 50.2 Å². The van der Waals surface area contributed by atoms with Crippen molar-refractivity contribution in [1.82, 2.24) is 9.80 Å². The summed E-state index contributed by atoms with van der Waals surface area (Å²) in [6, 6.07) is 3.62. The summed E-state index contributed by atoms with van der Waals surface area (Å²) in [5.41, 5.74) is 2.97. The predicted octanol–water partition coefficient (Wildman–Crippen LogP) is 4.26. The van der Waals surface area contributed by atoms with Crippen molar-refractivity contribution >= 4 is 5.97 Å². The third-order valence-corrected chi connectivity index (χ3v) is 5.38. The fraction of sp³-hybridized carbons (Fsp3) is 0.542. The second-order valence-corrected chi connectivity index (χ2v) is 8.17. The van der Waals surface area contributed by atoms with E-state index in [1.54, 1.807) is 12.1 Å². The number of piperazine rings is 1. The van der Waals surface area contributed by atoms with E-state index in [2.05, 4.69) is 36.4 Å². The van der Waals surface area contributed by atoms with Gasteiger partial charge in [-0.15, -0.1) is 6.58 Å². The molecule has 0 aromatic heterocycles. The fourth-order valence-electron chi connectivity index (χ4n) is 3.89. The number of phenols is 1. The first-order valence-corrected chi connectivity index (χ1v) is 10.5. The van der Waals surface area contributed by atoms with Gasteiger partial charge in [-0.3, -0.25) is 9.69 Å². The molecule has 5 nitrogen and oxygen atoms in total. The monoisotopic (exact) mass is 400 g/mol. The lowest BCUT2D eigenvalue weighted by atomic mass is 9.85. The number of rotatable bonds is 4. The van der Waals surface area contributed by atoms with Crippen molar-refractivity contribution in [3.63, 3.8) is 0 Å². The number of aromatic hydroxyl groups is 1. The zero-order valence-corrected chi connectivity index (χ0v) is 18.4. The van der Waals surface area contributed by atoms with Crippen molar-refractivity contribution in [2.45, 2.75) is 46.0 Å². The molecule has 3 rings (SSSR count). The predicted molar refractivity (Wildman–Crippen MR) is 119 cm³/mol. The summed E-state index contributed by atoms with van der Waals surface area (Å²) in [7, 11) is 2.09. The highest BCUT2D eigenvalue weighted by Crippen LogP contribution is 2.41. The number of phenolic OH excluding ortho intramolecular Hbond substituents is 1. The van der Waals surface area contributed by atoms with E-state index in [0.29, 0.717) is 12.3 Å². The van der Waals surface area contributed by atoms with Crippen LogP contribution in [0.5, 0.6) is 11.5 Å². The molecule has 5 heteroatoms. The van der Waals surface area contributed by atoms with Crippen LogP contribution in [0.2, 0.25) is 0 Å². The van der Waals surface area contributed by atoms with E-state index in [1.807, 2.05) is 19.9 Å². The van der Waals surface area contributed by atoms with Crippen LogP contribution >= 0.6 is 0 Å². The summed E-state index contributed by atoms with van der Waals surface area (Å²) in [5, 5.41) is 10.5. The lowest BCUT2D eigenvalue weighted by Crippen LogP contribution is -2.46. The van der Waals surface area contributed by atoms with E-state index in [9.17, 15) is 9.90 Å². The number of hydrogen-bond donors (Lipinski definition) is 1. The molecule has 2 aliphatic rings. The van der Waals surface area contributed by atoms with E-state index in [4.69, 9.17) is 4.74 Å². The summed E-state index contributed by atoms with van der Waals surface area (Å²) >= 11 is 0. The Hall–Kier alpha value is -2.11. The summed E-state index contributed by atoms with van der Waals surface area (Å²) in [5.74, 6) is 0.592. The van der Waals surface area contributed by atoms with Crippen LogP contribution in [0.4, 0.5) is 0 Å². The number of carbonyl (C=O) groups excluding carboxylic acids is 1. The molecular formula is C24H36N2O3. The van der Waals surface area contributed by atoms with E-state index < -0.39 is 0 Å². The Morgan fingerprint density at radius 1 is 1.28 bits per heavy atom. The van der Waals surface area contributed by atoms with Crippen LogP contribution in [0, 0.1) is 6.92 Å². The number of hydrogen-bond acceptors (Lipinski definition) is 5. The van der Waals surface area contributed by atoms with Gasteiger partial charge >= 0.3 is 5.97 Å². The number of nitrogens with zero attached hydrogens (tertiary/aromatic N) is 2. The highest BCUT2D eigenvalue weighted by molar-refractivity contribution is 5.75. The maximum Gasteiger partial charge on any atom is 0.325 e. The van der Waals surface area contributed by atoms with Gasteiger partial charge in [-0.05, 0) is 64.8 Å². The average Bonchev–Trinajstić information content (AvgIpc) is 2.64. The molecule has 1 N–H and O–H groups in total. The van der Waals surface area contributed by atoms with Crippen molar-refractivity contribution in [3.05, 3.63) is 47.6 Å². The molecule has 0 amide bonds. The molecule has 1 unspecified atom stereocenters. The summed E-state index contributed by atoms with van der Waals surface area (Å²) in [6.45, 7) is 13.3. The summed E-state index contributed by atoms with van der Waals surface area (Å²) < 4.78 is 5.74. The van der Waals surface area contributed by atoms with Crippen LogP contribution in [0.15, 0.2) is 36.4 Å². The first-order valence-electron chi connectivity index (χ1n) is 10.5. The number of likely N-dealkylation sites (N-methyl/N-ethyl adjacent to an activating group) is 1. The Morgan fingerprint density at radius 2 is 1.93 bits per heavy atom. The van der Waals surface area contributed by atoms with Gasteiger partial charge in [0, 0.05) is 37.7 Å². The zero-order valence-electron chi connectivity index (χ0n) is 18.4. The van der Waals surface area contributed by atoms with Gasteiger partial charge in [0.25, 0.3) is 0 Å². The van der Waals surface area contributed by atoms with E-state index in [0.717, 1.165) is 56.6 Å². The van der Waals surface area contributed by atoms with Gasteiger partial charge in [-0.1, -0.05) is 17.7 Å². The topological polar surface area (TPSA) is 53.0 Å². The molecule has 0 spiro atoms. The van der Waals surface area contributed by atoms with Crippen molar-refractivity contribution in [3.8, 4) is 11.5 Å². The quantitative estimate of drug-likeness (QED) is 0.465. The van der Waals surface area contributed by atoms with Crippen LogP contribution in [0.3, 0.4) is 0 Å². The minimum atomic E-state index is -0.252. The molecule has 160 valence electrons. The fourth-order valence-corrected chi connectivity index (χ4v) is 3.89. The van der Waals surface area contributed by atoms with Crippen molar-refractivity contribution in [2.24, 2.45) is 0 Å². The van der Waals surface area contributed by atoms with Crippen molar-refractivity contribution < 1.29 is 14.6 Å². The summed E-state index contributed by atoms with van der Waals surface area (Å²) in [6.07, 6.45) is 7.11. The van der Waals surface area contributed by atoms with E-state index in [1.165, 1.54) is 5.57 Å². The molecule has 0 saturated carbocycles. The molecule has 1 aromatic carbocycles. The first kappa shape index (κ1) is 23.2. The molecule has 1 aliphatic heterocycles. The minimum Gasteiger partial charge on any atom is -0.507 e. The molecule has 0 radical (unpaired) electrons. The van der Waals surface area contributed by atoms with E-state index in [-0.39, 0.29) is 17.6 Å². The first-order chi connectivity index (χ1) is 13.8. The molecule has 1 aromatic rings. The Morgan fingerprint density at radius 3 is 2.55 bits per heavy atom. The molecule has 1 heterocycles. The smallest absolute Gasteiger partial charge is 0.325 e. The normalized spacial score (nSPS) is 20.3. The standard InChI is InChI=1S/C21H30N2O3.C3H6/c1-15-5-4-6-17(11-15)21-18(24)12-16(2)13-19(21)26-20(25)14-23-9-7-22(3)8-10-23;1-3-2/h11-13,17,24H,4-10,14H2,1-3H3;3H,1H2,2H3. The molecule has 29 heavy (non-hydrogen) atoms. The SMILES string of the molecule is C=CC.CC1=CC(c2c(O)cc(C)cc2OC(=O)CN2CCN(C)CC2)CCC1. The lowest BCUT2D eigenvalue weighted by Gasteiger charge is -2.31. The van der Waals surface area contributed by atoms with Gasteiger partial charge in [0.2, 0.25) is 0 Å². The maximum atomic E-state index is 12.5. The molecule has 1 fully saturated rings. The van der Waals surface area contributed by atoms with Gasteiger partial charge in [-0.2, -0.15) is 0 Å². The van der Waals surface area contributed by atoms with Gasteiger partial charge in [0.05, 0.1) is 6.54 Å². The molecule has 1 saturated heterocycles.